The molecule has 1 atom stereocenters. The number of benzene rings is 1. The predicted molar refractivity (Wildman–Crippen MR) is 79.2 cm³/mol. The van der Waals surface area contributed by atoms with E-state index in [1.54, 1.807) is 12.1 Å². The fourth-order valence-electron chi connectivity index (χ4n) is 2.67. The van der Waals surface area contributed by atoms with Gasteiger partial charge >= 0.3 is 0 Å². The average molecular weight is 295 g/mol. The van der Waals surface area contributed by atoms with E-state index in [-0.39, 0.29) is 6.04 Å². The molecule has 5 nitrogen and oxygen atoms in total. The van der Waals surface area contributed by atoms with Gasteiger partial charge in [-0.05, 0) is 43.9 Å². The van der Waals surface area contributed by atoms with Crippen molar-refractivity contribution in [2.75, 3.05) is 24.5 Å². The quantitative estimate of drug-likeness (QED) is 0.847. The summed E-state index contributed by atoms with van der Waals surface area (Å²) in [5, 5.41) is 0. The standard InChI is InChI=1S/C14H21N3O2S/c15-9-11-7-8-17(10-11)13-3-1-2-4-14(13)20(18,19)16-12-5-6-12/h1-4,11-12,16H,5-10,15H2. The molecule has 1 aliphatic carbocycles. The topological polar surface area (TPSA) is 75.4 Å². The Morgan fingerprint density at radius 1 is 1.25 bits per heavy atom. The summed E-state index contributed by atoms with van der Waals surface area (Å²) in [6.07, 6.45) is 2.92. The summed E-state index contributed by atoms with van der Waals surface area (Å²) >= 11 is 0. The van der Waals surface area contributed by atoms with Gasteiger partial charge in [-0.3, -0.25) is 0 Å². The lowest BCUT2D eigenvalue weighted by Crippen LogP contribution is -2.29. The summed E-state index contributed by atoms with van der Waals surface area (Å²) in [4.78, 5) is 2.53. The fraction of sp³-hybridized carbons (Fsp3) is 0.571. The Hall–Kier alpha value is -1.11. The van der Waals surface area contributed by atoms with E-state index in [4.69, 9.17) is 5.73 Å². The molecule has 3 rings (SSSR count). The highest BCUT2D eigenvalue weighted by Crippen LogP contribution is 2.31. The van der Waals surface area contributed by atoms with Gasteiger partial charge in [0.2, 0.25) is 10.0 Å². The Bertz CT molecular complexity index is 584. The number of rotatable bonds is 5. The van der Waals surface area contributed by atoms with E-state index in [1.165, 1.54) is 0 Å². The number of nitrogens with two attached hydrogens (primary N) is 1. The lowest BCUT2D eigenvalue weighted by Gasteiger charge is -2.22. The van der Waals surface area contributed by atoms with Crippen LogP contribution < -0.4 is 15.4 Å². The van der Waals surface area contributed by atoms with Crippen molar-refractivity contribution in [3.63, 3.8) is 0 Å². The van der Waals surface area contributed by atoms with Gasteiger partial charge in [-0.15, -0.1) is 0 Å². The van der Waals surface area contributed by atoms with Crippen molar-refractivity contribution < 1.29 is 8.42 Å². The van der Waals surface area contributed by atoms with Crippen LogP contribution in [-0.4, -0.2) is 34.1 Å². The Balaban J connectivity index is 1.88. The molecule has 3 N–H and O–H groups in total. The van der Waals surface area contributed by atoms with Gasteiger partial charge in [0.15, 0.2) is 0 Å². The molecule has 0 bridgehead atoms. The van der Waals surface area contributed by atoms with Crippen molar-refractivity contribution in [3.8, 4) is 0 Å². The summed E-state index contributed by atoms with van der Waals surface area (Å²) in [7, 11) is -3.41. The van der Waals surface area contributed by atoms with Gasteiger partial charge in [0.1, 0.15) is 4.90 Å². The molecular weight excluding hydrogens is 274 g/mol. The molecule has 0 spiro atoms. The first-order valence-electron chi connectivity index (χ1n) is 7.16. The van der Waals surface area contributed by atoms with E-state index in [9.17, 15) is 8.42 Å². The van der Waals surface area contributed by atoms with Crippen LogP contribution in [0.4, 0.5) is 5.69 Å². The van der Waals surface area contributed by atoms with Gasteiger partial charge in [-0.2, -0.15) is 0 Å². The molecule has 110 valence electrons. The zero-order valence-corrected chi connectivity index (χ0v) is 12.3. The van der Waals surface area contributed by atoms with Crippen LogP contribution >= 0.6 is 0 Å². The number of hydrogen-bond donors (Lipinski definition) is 2. The van der Waals surface area contributed by atoms with E-state index < -0.39 is 10.0 Å². The van der Waals surface area contributed by atoms with Gasteiger partial charge in [-0.1, -0.05) is 12.1 Å². The van der Waals surface area contributed by atoms with Crippen molar-refractivity contribution >= 4 is 15.7 Å². The number of para-hydroxylation sites is 1. The Morgan fingerprint density at radius 3 is 2.65 bits per heavy atom. The van der Waals surface area contributed by atoms with Crippen LogP contribution in [0, 0.1) is 5.92 Å². The average Bonchev–Trinajstić information content (AvgIpc) is 3.11. The van der Waals surface area contributed by atoms with Crippen LogP contribution in [0.3, 0.4) is 0 Å². The van der Waals surface area contributed by atoms with E-state index in [1.807, 2.05) is 12.1 Å². The third kappa shape index (κ3) is 2.82. The first-order valence-corrected chi connectivity index (χ1v) is 8.65. The van der Waals surface area contributed by atoms with Gasteiger partial charge in [0.05, 0.1) is 5.69 Å². The van der Waals surface area contributed by atoms with Gasteiger partial charge in [0, 0.05) is 19.1 Å². The van der Waals surface area contributed by atoms with Crippen molar-refractivity contribution in [2.45, 2.75) is 30.2 Å². The highest BCUT2D eigenvalue weighted by atomic mass is 32.2. The van der Waals surface area contributed by atoms with E-state index in [0.29, 0.717) is 17.4 Å². The molecule has 2 fully saturated rings. The van der Waals surface area contributed by atoms with E-state index >= 15 is 0 Å². The molecule has 1 aromatic rings. The number of nitrogens with one attached hydrogen (secondary N) is 1. The molecule has 1 saturated carbocycles. The number of anilines is 1. The molecule has 1 aromatic carbocycles. The smallest absolute Gasteiger partial charge is 0.242 e. The zero-order chi connectivity index (χ0) is 14.2. The monoisotopic (exact) mass is 295 g/mol. The molecule has 0 aromatic heterocycles. The van der Waals surface area contributed by atoms with Crippen molar-refractivity contribution in [1.82, 2.24) is 4.72 Å². The third-order valence-electron chi connectivity index (χ3n) is 4.01. The SMILES string of the molecule is NCC1CCN(c2ccccc2S(=O)(=O)NC2CC2)C1. The second-order valence-electron chi connectivity index (χ2n) is 5.70. The molecule has 0 radical (unpaired) electrons. The van der Waals surface area contributed by atoms with Crippen LogP contribution in [0.5, 0.6) is 0 Å². The van der Waals surface area contributed by atoms with Crippen LogP contribution in [0.15, 0.2) is 29.2 Å². The fourth-order valence-corrected chi connectivity index (χ4v) is 4.21. The minimum absolute atomic E-state index is 0.128. The maximum absolute atomic E-state index is 12.4. The minimum Gasteiger partial charge on any atom is -0.370 e. The molecule has 0 amide bonds. The summed E-state index contributed by atoms with van der Waals surface area (Å²) in [6.45, 7) is 2.37. The molecular formula is C14H21N3O2S. The molecule has 6 heteroatoms. The van der Waals surface area contributed by atoms with Crippen molar-refractivity contribution in [2.24, 2.45) is 11.7 Å². The number of hydrogen-bond acceptors (Lipinski definition) is 4. The van der Waals surface area contributed by atoms with Crippen molar-refractivity contribution in [1.29, 1.82) is 0 Å². The Labute approximate surface area is 120 Å². The Morgan fingerprint density at radius 2 is 2.00 bits per heavy atom. The van der Waals surface area contributed by atoms with Crippen molar-refractivity contribution in [3.05, 3.63) is 24.3 Å². The lowest BCUT2D eigenvalue weighted by molar-refractivity contribution is 0.580. The summed E-state index contributed by atoms with van der Waals surface area (Å²) in [5.41, 5.74) is 6.52. The van der Waals surface area contributed by atoms with Crippen LogP contribution in [-0.2, 0) is 10.0 Å². The third-order valence-corrected chi connectivity index (χ3v) is 5.58. The summed E-state index contributed by atoms with van der Waals surface area (Å²) in [6, 6.07) is 7.38. The Kier molecular flexibility index (Phi) is 3.70. The van der Waals surface area contributed by atoms with Gasteiger partial charge in [-0.25, -0.2) is 13.1 Å². The minimum atomic E-state index is -3.41. The van der Waals surface area contributed by atoms with E-state index in [0.717, 1.165) is 38.0 Å². The zero-order valence-electron chi connectivity index (χ0n) is 11.5. The first kappa shape index (κ1) is 13.9. The van der Waals surface area contributed by atoms with Crippen LogP contribution in [0.1, 0.15) is 19.3 Å². The van der Waals surface area contributed by atoms with Gasteiger partial charge in [0.25, 0.3) is 0 Å². The van der Waals surface area contributed by atoms with Crippen LogP contribution in [0.2, 0.25) is 0 Å². The molecule has 1 unspecified atom stereocenters. The second kappa shape index (κ2) is 5.35. The highest BCUT2D eigenvalue weighted by molar-refractivity contribution is 7.89. The normalized spacial score (nSPS) is 23.2. The molecule has 1 heterocycles. The van der Waals surface area contributed by atoms with E-state index in [2.05, 4.69) is 9.62 Å². The molecule has 1 aliphatic heterocycles. The molecule has 1 saturated heterocycles. The van der Waals surface area contributed by atoms with Gasteiger partial charge < -0.3 is 10.6 Å². The second-order valence-corrected chi connectivity index (χ2v) is 7.38. The predicted octanol–water partition coefficient (Wildman–Crippen LogP) is 0.912. The maximum Gasteiger partial charge on any atom is 0.242 e. The number of nitrogens with zero attached hydrogens (tertiary/aromatic N) is 1. The lowest BCUT2D eigenvalue weighted by atomic mass is 10.1. The highest BCUT2D eigenvalue weighted by Gasteiger charge is 2.31. The summed E-state index contributed by atoms with van der Waals surface area (Å²) in [5.74, 6) is 0.460. The molecule has 20 heavy (non-hydrogen) atoms. The number of sulfonamides is 1. The maximum atomic E-state index is 12.4. The molecule has 2 aliphatic rings. The largest absolute Gasteiger partial charge is 0.370 e. The summed E-state index contributed by atoms with van der Waals surface area (Å²) < 4.78 is 27.7. The first-order chi connectivity index (χ1) is 9.60. The van der Waals surface area contributed by atoms with Crippen LogP contribution in [0.25, 0.3) is 0 Å².